The highest BCUT2D eigenvalue weighted by atomic mass is 32.2. The number of aromatic nitrogens is 1. The molecule has 1 rings (SSSR count). The first-order valence-corrected chi connectivity index (χ1v) is 8.16. The van der Waals surface area contributed by atoms with Crippen LogP contribution in [0.2, 0.25) is 0 Å². The third-order valence-corrected chi connectivity index (χ3v) is 4.30. The van der Waals surface area contributed by atoms with Gasteiger partial charge in [0, 0.05) is 6.20 Å². The van der Waals surface area contributed by atoms with Gasteiger partial charge in [-0.15, -0.1) is 11.8 Å². The van der Waals surface area contributed by atoms with Crippen LogP contribution in [0.4, 0.5) is 0 Å². The second-order valence-corrected chi connectivity index (χ2v) is 6.21. The molecule has 1 amide bonds. The van der Waals surface area contributed by atoms with Gasteiger partial charge in [0.2, 0.25) is 5.91 Å². The van der Waals surface area contributed by atoms with E-state index in [1.165, 1.54) is 0 Å². The Morgan fingerprint density at radius 2 is 2.25 bits per heavy atom. The minimum atomic E-state index is -0.578. The number of hydrogen-bond acceptors (Lipinski definition) is 4. The summed E-state index contributed by atoms with van der Waals surface area (Å²) in [7, 11) is 0. The molecule has 0 spiro atoms. The van der Waals surface area contributed by atoms with Gasteiger partial charge in [-0.1, -0.05) is 19.4 Å². The average Bonchev–Trinajstić information content (AvgIpc) is 2.45. The van der Waals surface area contributed by atoms with Crippen molar-refractivity contribution < 1.29 is 4.79 Å². The molecular formula is C15H25N3OS. The molecule has 5 heteroatoms. The maximum atomic E-state index is 11.6. The zero-order chi connectivity index (χ0) is 14.8. The van der Waals surface area contributed by atoms with Gasteiger partial charge in [0.25, 0.3) is 0 Å². The number of unbranched alkanes of at least 4 members (excludes halogenated alkanes) is 1. The van der Waals surface area contributed by atoms with Gasteiger partial charge in [0.1, 0.15) is 0 Å². The third-order valence-electron chi connectivity index (χ3n) is 3.27. The largest absolute Gasteiger partial charge is 0.368 e. The highest BCUT2D eigenvalue weighted by molar-refractivity contribution is 7.99. The first-order valence-electron chi connectivity index (χ1n) is 7.17. The Morgan fingerprint density at radius 1 is 1.45 bits per heavy atom. The Kier molecular flexibility index (Phi) is 7.62. The lowest BCUT2D eigenvalue weighted by atomic mass is 9.94. The molecule has 0 aliphatic rings. The zero-order valence-electron chi connectivity index (χ0n) is 12.4. The maximum Gasteiger partial charge on any atom is 0.237 e. The lowest BCUT2D eigenvalue weighted by molar-refractivity contribution is -0.124. The Balaban J connectivity index is 2.25. The van der Waals surface area contributed by atoms with E-state index >= 15 is 0 Å². The van der Waals surface area contributed by atoms with Crippen LogP contribution in [0.15, 0.2) is 29.4 Å². The molecule has 3 N–H and O–H groups in total. The van der Waals surface area contributed by atoms with Crippen LogP contribution in [0.25, 0.3) is 0 Å². The highest BCUT2D eigenvalue weighted by Gasteiger charge is 2.29. The first kappa shape index (κ1) is 17.0. The molecule has 1 atom stereocenters. The number of hydrogen-bond donors (Lipinski definition) is 2. The number of nitrogens with two attached hydrogens (primary N) is 1. The number of thioether (sulfide) groups is 1. The maximum absolute atomic E-state index is 11.6. The number of nitrogens with zero attached hydrogens (tertiary/aromatic N) is 1. The number of rotatable bonds is 10. The minimum Gasteiger partial charge on any atom is -0.368 e. The van der Waals surface area contributed by atoms with E-state index in [0.29, 0.717) is 0 Å². The normalized spacial score (nSPS) is 13.9. The number of carbonyl (C=O) groups is 1. The number of nitrogens with one attached hydrogen (secondary N) is 1. The van der Waals surface area contributed by atoms with Gasteiger partial charge < -0.3 is 11.1 Å². The predicted molar refractivity (Wildman–Crippen MR) is 84.7 cm³/mol. The van der Waals surface area contributed by atoms with Crippen molar-refractivity contribution in [2.24, 2.45) is 5.73 Å². The summed E-state index contributed by atoms with van der Waals surface area (Å²) in [6.07, 6.45) is 5.62. The summed E-state index contributed by atoms with van der Waals surface area (Å²) >= 11 is 1.75. The van der Waals surface area contributed by atoms with Crippen LogP contribution >= 0.6 is 11.8 Å². The minimum absolute atomic E-state index is 0.261. The van der Waals surface area contributed by atoms with Crippen LogP contribution in [0, 0.1) is 0 Å². The summed E-state index contributed by atoms with van der Waals surface area (Å²) in [4.78, 5) is 15.8. The Labute approximate surface area is 125 Å². The van der Waals surface area contributed by atoms with Gasteiger partial charge in [-0.25, -0.2) is 4.98 Å². The summed E-state index contributed by atoms with van der Waals surface area (Å²) in [6.45, 7) is 4.80. The van der Waals surface area contributed by atoms with E-state index < -0.39 is 5.54 Å². The molecule has 1 unspecified atom stereocenters. The van der Waals surface area contributed by atoms with Crippen molar-refractivity contribution in [2.45, 2.75) is 50.1 Å². The number of amides is 1. The third kappa shape index (κ3) is 5.92. The molecule has 4 nitrogen and oxygen atoms in total. The SMILES string of the molecule is CCCNC(C)(CCCCSc1ccccn1)C(N)=O. The molecule has 0 radical (unpaired) electrons. The monoisotopic (exact) mass is 295 g/mol. The summed E-state index contributed by atoms with van der Waals surface area (Å²) in [5.41, 5.74) is 4.92. The molecule has 0 aliphatic carbocycles. The van der Waals surface area contributed by atoms with E-state index in [2.05, 4.69) is 17.2 Å². The topological polar surface area (TPSA) is 68.0 Å². The zero-order valence-corrected chi connectivity index (χ0v) is 13.2. The van der Waals surface area contributed by atoms with E-state index in [1.54, 1.807) is 18.0 Å². The predicted octanol–water partition coefficient (Wildman–Crippen LogP) is 2.59. The molecule has 0 bridgehead atoms. The van der Waals surface area contributed by atoms with Crippen molar-refractivity contribution in [3.05, 3.63) is 24.4 Å². The van der Waals surface area contributed by atoms with Gasteiger partial charge in [-0.3, -0.25) is 4.79 Å². The van der Waals surface area contributed by atoms with E-state index in [9.17, 15) is 4.79 Å². The molecule has 1 aromatic heterocycles. The van der Waals surface area contributed by atoms with Crippen LogP contribution in [0.3, 0.4) is 0 Å². The molecular weight excluding hydrogens is 270 g/mol. The second kappa shape index (κ2) is 8.97. The van der Waals surface area contributed by atoms with Gasteiger partial charge in [-0.05, 0) is 50.6 Å². The number of carbonyl (C=O) groups excluding carboxylic acids is 1. The Bertz CT molecular complexity index is 399. The summed E-state index contributed by atoms with van der Waals surface area (Å²) in [6, 6.07) is 5.93. The average molecular weight is 295 g/mol. The van der Waals surface area contributed by atoms with Gasteiger partial charge >= 0.3 is 0 Å². The molecule has 0 aromatic carbocycles. The van der Waals surface area contributed by atoms with E-state index in [0.717, 1.165) is 43.0 Å². The highest BCUT2D eigenvalue weighted by Crippen LogP contribution is 2.19. The van der Waals surface area contributed by atoms with Crippen LogP contribution in [-0.4, -0.2) is 28.7 Å². The van der Waals surface area contributed by atoms with E-state index in [1.807, 2.05) is 25.1 Å². The number of primary amides is 1. The summed E-state index contributed by atoms with van der Waals surface area (Å²) < 4.78 is 0. The fourth-order valence-corrected chi connectivity index (χ4v) is 2.76. The quantitative estimate of drug-likeness (QED) is 0.514. The smallest absolute Gasteiger partial charge is 0.237 e. The fourth-order valence-electron chi connectivity index (χ4n) is 1.89. The van der Waals surface area contributed by atoms with E-state index in [-0.39, 0.29) is 5.91 Å². The molecule has 0 saturated carbocycles. The number of pyridine rings is 1. The lowest BCUT2D eigenvalue weighted by Gasteiger charge is -2.27. The first-order chi connectivity index (χ1) is 9.58. The van der Waals surface area contributed by atoms with Crippen molar-refractivity contribution >= 4 is 17.7 Å². The van der Waals surface area contributed by atoms with Crippen molar-refractivity contribution in [1.82, 2.24) is 10.3 Å². The molecule has 1 aromatic rings. The molecule has 0 aliphatic heterocycles. The summed E-state index contributed by atoms with van der Waals surface area (Å²) in [5, 5.41) is 4.31. The van der Waals surface area contributed by atoms with Crippen LogP contribution in [0.5, 0.6) is 0 Å². The van der Waals surface area contributed by atoms with Crippen molar-refractivity contribution in [2.75, 3.05) is 12.3 Å². The lowest BCUT2D eigenvalue weighted by Crippen LogP contribution is -2.53. The van der Waals surface area contributed by atoms with Crippen molar-refractivity contribution in [1.29, 1.82) is 0 Å². The van der Waals surface area contributed by atoms with Crippen molar-refractivity contribution in [3.63, 3.8) is 0 Å². The molecule has 20 heavy (non-hydrogen) atoms. The van der Waals surface area contributed by atoms with E-state index in [4.69, 9.17) is 5.73 Å². The fraction of sp³-hybridized carbons (Fsp3) is 0.600. The van der Waals surface area contributed by atoms with Gasteiger partial charge in [-0.2, -0.15) is 0 Å². The summed E-state index contributed by atoms with van der Waals surface area (Å²) in [5.74, 6) is 0.753. The molecule has 1 heterocycles. The Hall–Kier alpha value is -1.07. The molecule has 0 fully saturated rings. The second-order valence-electron chi connectivity index (χ2n) is 5.10. The van der Waals surface area contributed by atoms with Gasteiger partial charge in [0.05, 0.1) is 10.6 Å². The van der Waals surface area contributed by atoms with Crippen LogP contribution < -0.4 is 11.1 Å². The van der Waals surface area contributed by atoms with Gasteiger partial charge in [0.15, 0.2) is 0 Å². The van der Waals surface area contributed by atoms with Crippen molar-refractivity contribution in [3.8, 4) is 0 Å². The standard InChI is InChI=1S/C15H25N3OS/c1-3-10-18-15(2,14(16)19)9-5-7-12-20-13-8-4-6-11-17-13/h4,6,8,11,18H,3,5,7,9-10,12H2,1-2H3,(H2,16,19). The molecule has 0 saturated heterocycles. The van der Waals surface area contributed by atoms with Crippen LogP contribution in [-0.2, 0) is 4.79 Å². The van der Waals surface area contributed by atoms with Crippen LogP contribution in [0.1, 0.15) is 39.5 Å². The Morgan fingerprint density at radius 3 is 2.85 bits per heavy atom. The molecule has 112 valence electrons.